The largest absolute Gasteiger partial charge is 0.469 e. The van der Waals surface area contributed by atoms with E-state index in [9.17, 15) is 9.59 Å². The zero-order valence-electron chi connectivity index (χ0n) is 12.0. The highest BCUT2D eigenvalue weighted by Gasteiger charge is 2.53. The molecule has 1 saturated carbocycles. The molecule has 2 atom stereocenters. The Kier molecular flexibility index (Phi) is 4.41. The summed E-state index contributed by atoms with van der Waals surface area (Å²) in [6.07, 6.45) is 3.66. The molecule has 1 aliphatic rings. The second-order valence-electron chi connectivity index (χ2n) is 5.92. The Bertz CT molecular complexity index is 335. The summed E-state index contributed by atoms with van der Waals surface area (Å²) in [5, 5.41) is 0. The predicted molar refractivity (Wildman–Crippen MR) is 67.9 cm³/mol. The standard InChI is InChI=1S/C14H24O4/c1-13(2,11(15)17-4)10-8-6-7-9-14(10,3)12(16)18-5/h10H,6-9H2,1-5H3. The van der Waals surface area contributed by atoms with E-state index >= 15 is 0 Å². The Hall–Kier alpha value is -1.06. The molecule has 1 rings (SSSR count). The average Bonchev–Trinajstić information content (AvgIpc) is 2.36. The maximum atomic E-state index is 12.1. The lowest BCUT2D eigenvalue weighted by molar-refractivity contribution is -0.170. The van der Waals surface area contributed by atoms with Crippen molar-refractivity contribution in [3.8, 4) is 0 Å². The number of carbonyl (C=O) groups excluding carboxylic acids is 2. The molecule has 104 valence electrons. The van der Waals surface area contributed by atoms with Gasteiger partial charge in [0.1, 0.15) is 0 Å². The highest BCUT2D eigenvalue weighted by atomic mass is 16.5. The number of carbonyl (C=O) groups is 2. The van der Waals surface area contributed by atoms with Crippen LogP contribution in [0.4, 0.5) is 0 Å². The molecule has 4 heteroatoms. The molecule has 0 bridgehead atoms. The van der Waals surface area contributed by atoms with E-state index in [1.165, 1.54) is 14.2 Å². The molecule has 1 aliphatic carbocycles. The normalized spacial score (nSPS) is 28.6. The predicted octanol–water partition coefficient (Wildman–Crippen LogP) is 2.56. The lowest BCUT2D eigenvalue weighted by atomic mass is 9.58. The van der Waals surface area contributed by atoms with Gasteiger partial charge in [-0.3, -0.25) is 9.59 Å². The van der Waals surface area contributed by atoms with Crippen LogP contribution < -0.4 is 0 Å². The fourth-order valence-corrected chi connectivity index (χ4v) is 3.37. The van der Waals surface area contributed by atoms with Gasteiger partial charge < -0.3 is 9.47 Å². The fraction of sp³-hybridized carbons (Fsp3) is 0.857. The Morgan fingerprint density at radius 1 is 1.17 bits per heavy atom. The molecule has 18 heavy (non-hydrogen) atoms. The van der Waals surface area contributed by atoms with Crippen LogP contribution in [0.1, 0.15) is 46.5 Å². The number of rotatable bonds is 3. The third kappa shape index (κ3) is 2.38. The summed E-state index contributed by atoms with van der Waals surface area (Å²) < 4.78 is 9.82. The molecule has 0 radical (unpaired) electrons. The summed E-state index contributed by atoms with van der Waals surface area (Å²) in [5.74, 6) is -0.521. The lowest BCUT2D eigenvalue weighted by Gasteiger charge is -2.45. The van der Waals surface area contributed by atoms with Crippen molar-refractivity contribution < 1.29 is 19.1 Å². The number of esters is 2. The molecule has 0 aromatic rings. The van der Waals surface area contributed by atoms with Gasteiger partial charge >= 0.3 is 11.9 Å². The van der Waals surface area contributed by atoms with Crippen molar-refractivity contribution in [3.05, 3.63) is 0 Å². The van der Waals surface area contributed by atoms with Crippen LogP contribution in [0, 0.1) is 16.7 Å². The third-order valence-corrected chi connectivity index (χ3v) is 4.44. The fourth-order valence-electron chi connectivity index (χ4n) is 3.37. The van der Waals surface area contributed by atoms with Crippen molar-refractivity contribution in [2.45, 2.75) is 46.5 Å². The minimum absolute atomic E-state index is 0.0429. The van der Waals surface area contributed by atoms with E-state index in [0.717, 1.165) is 25.7 Å². The molecule has 1 fully saturated rings. The van der Waals surface area contributed by atoms with Crippen molar-refractivity contribution >= 4 is 11.9 Å². The third-order valence-electron chi connectivity index (χ3n) is 4.44. The van der Waals surface area contributed by atoms with Crippen LogP contribution in [-0.4, -0.2) is 26.2 Å². The summed E-state index contributed by atoms with van der Waals surface area (Å²) in [6.45, 7) is 5.62. The molecule has 0 N–H and O–H groups in total. The summed E-state index contributed by atoms with van der Waals surface area (Å²) >= 11 is 0. The Balaban J connectivity index is 3.10. The molecule has 0 aromatic heterocycles. The summed E-state index contributed by atoms with van der Waals surface area (Å²) in [7, 11) is 2.80. The van der Waals surface area contributed by atoms with Crippen molar-refractivity contribution in [2.75, 3.05) is 14.2 Å². The molecule has 0 heterocycles. The van der Waals surface area contributed by atoms with E-state index < -0.39 is 10.8 Å². The summed E-state index contributed by atoms with van der Waals surface area (Å²) in [5.41, 5.74) is -1.26. The first-order valence-electron chi connectivity index (χ1n) is 6.47. The van der Waals surface area contributed by atoms with Gasteiger partial charge in [-0.05, 0) is 39.5 Å². The Morgan fingerprint density at radius 3 is 2.28 bits per heavy atom. The van der Waals surface area contributed by atoms with E-state index in [0.29, 0.717) is 0 Å². The van der Waals surface area contributed by atoms with Gasteiger partial charge in [0.2, 0.25) is 0 Å². The van der Waals surface area contributed by atoms with Crippen molar-refractivity contribution in [1.82, 2.24) is 0 Å². The molecule has 0 amide bonds. The van der Waals surface area contributed by atoms with Crippen LogP contribution in [0.3, 0.4) is 0 Å². The van der Waals surface area contributed by atoms with Crippen LogP contribution >= 0.6 is 0 Å². The Morgan fingerprint density at radius 2 is 1.78 bits per heavy atom. The lowest BCUT2D eigenvalue weighted by Crippen LogP contribution is -2.49. The molecule has 4 nitrogen and oxygen atoms in total. The van der Waals surface area contributed by atoms with Gasteiger partial charge in [-0.25, -0.2) is 0 Å². The van der Waals surface area contributed by atoms with Crippen molar-refractivity contribution in [3.63, 3.8) is 0 Å². The van der Waals surface area contributed by atoms with Crippen LogP contribution in [0.25, 0.3) is 0 Å². The maximum absolute atomic E-state index is 12.1. The first-order valence-corrected chi connectivity index (χ1v) is 6.47. The van der Waals surface area contributed by atoms with Gasteiger partial charge in [0.05, 0.1) is 25.0 Å². The maximum Gasteiger partial charge on any atom is 0.311 e. The molecule has 0 spiro atoms. The highest BCUT2D eigenvalue weighted by Crippen LogP contribution is 2.50. The smallest absolute Gasteiger partial charge is 0.311 e. The van der Waals surface area contributed by atoms with Crippen molar-refractivity contribution in [1.29, 1.82) is 0 Å². The van der Waals surface area contributed by atoms with Gasteiger partial charge in [-0.1, -0.05) is 12.8 Å². The van der Waals surface area contributed by atoms with Gasteiger partial charge in [0.15, 0.2) is 0 Å². The molecule has 0 saturated heterocycles. The van der Waals surface area contributed by atoms with Crippen LogP contribution in [-0.2, 0) is 19.1 Å². The van der Waals surface area contributed by atoms with Crippen LogP contribution in [0.2, 0.25) is 0 Å². The van der Waals surface area contributed by atoms with Crippen LogP contribution in [0.15, 0.2) is 0 Å². The van der Waals surface area contributed by atoms with E-state index in [2.05, 4.69) is 0 Å². The monoisotopic (exact) mass is 256 g/mol. The summed E-state index contributed by atoms with van der Waals surface area (Å²) in [4.78, 5) is 24.0. The van der Waals surface area contributed by atoms with Gasteiger partial charge in [-0.2, -0.15) is 0 Å². The van der Waals surface area contributed by atoms with E-state index in [-0.39, 0.29) is 17.9 Å². The number of ether oxygens (including phenoxy) is 2. The second kappa shape index (κ2) is 5.29. The topological polar surface area (TPSA) is 52.6 Å². The van der Waals surface area contributed by atoms with Gasteiger partial charge in [0.25, 0.3) is 0 Å². The summed E-state index contributed by atoms with van der Waals surface area (Å²) in [6, 6.07) is 0. The zero-order chi connectivity index (χ0) is 14.0. The molecule has 0 aromatic carbocycles. The Labute approximate surface area is 109 Å². The van der Waals surface area contributed by atoms with Crippen LogP contribution in [0.5, 0.6) is 0 Å². The zero-order valence-corrected chi connectivity index (χ0v) is 12.0. The highest BCUT2D eigenvalue weighted by molar-refractivity contribution is 5.81. The van der Waals surface area contributed by atoms with E-state index in [4.69, 9.17) is 9.47 Å². The van der Waals surface area contributed by atoms with Gasteiger partial charge in [-0.15, -0.1) is 0 Å². The first kappa shape index (κ1) is 15.0. The molecular formula is C14H24O4. The minimum atomic E-state index is -0.669. The first-order chi connectivity index (χ1) is 8.30. The number of hydrogen-bond acceptors (Lipinski definition) is 4. The number of hydrogen-bond donors (Lipinski definition) is 0. The molecule has 0 aliphatic heterocycles. The minimum Gasteiger partial charge on any atom is -0.469 e. The second-order valence-corrected chi connectivity index (χ2v) is 5.92. The molecular weight excluding hydrogens is 232 g/mol. The molecule has 2 unspecified atom stereocenters. The van der Waals surface area contributed by atoms with Crippen molar-refractivity contribution in [2.24, 2.45) is 16.7 Å². The van der Waals surface area contributed by atoms with E-state index in [1.54, 1.807) is 0 Å². The van der Waals surface area contributed by atoms with Gasteiger partial charge in [0, 0.05) is 0 Å². The average molecular weight is 256 g/mol. The SMILES string of the molecule is COC(=O)C(C)(C)C1CCCCC1(C)C(=O)OC. The van der Waals surface area contributed by atoms with E-state index in [1.807, 2.05) is 20.8 Å². The quantitative estimate of drug-likeness (QED) is 0.728. The number of methoxy groups -OCH3 is 2.